The van der Waals surface area contributed by atoms with Crippen molar-refractivity contribution in [2.24, 2.45) is 0 Å². The van der Waals surface area contributed by atoms with E-state index in [4.69, 9.17) is 42.6 Å². The third kappa shape index (κ3) is 8.70. The highest BCUT2D eigenvalue weighted by molar-refractivity contribution is 5.87. The van der Waals surface area contributed by atoms with E-state index >= 15 is 0 Å². The summed E-state index contributed by atoms with van der Waals surface area (Å²) in [5.74, 6) is -0.733. The maximum atomic E-state index is 12.3. The molecule has 0 spiro atoms. The molecule has 0 aromatic heterocycles. The van der Waals surface area contributed by atoms with Gasteiger partial charge < -0.3 is 93.7 Å². The molecule has 1 aromatic rings. The minimum Gasteiger partial charge on any atom is -0.504 e. The lowest BCUT2D eigenvalue weighted by Gasteiger charge is -2.44. The van der Waals surface area contributed by atoms with Gasteiger partial charge in [-0.3, -0.25) is 0 Å². The summed E-state index contributed by atoms with van der Waals surface area (Å²) in [5.41, 5.74) is 0.511. The first-order valence-corrected chi connectivity index (χ1v) is 15.6. The maximum absolute atomic E-state index is 12.3. The Kier molecular flexibility index (Phi) is 13.0. The van der Waals surface area contributed by atoms with Crippen LogP contribution in [-0.2, 0) is 42.7 Å². The Morgan fingerprint density at radius 3 is 2.12 bits per heavy atom. The average molecular weight is 723 g/mol. The molecule has 20 heteroatoms. The van der Waals surface area contributed by atoms with E-state index in [0.29, 0.717) is 5.56 Å². The zero-order valence-corrected chi connectivity index (χ0v) is 26.5. The first-order valence-electron chi connectivity index (χ1n) is 15.6. The molecule has 0 bridgehead atoms. The largest absolute Gasteiger partial charge is 0.504 e. The number of methoxy groups -OCH3 is 1. The number of aliphatic hydroxyl groups is 9. The molecule has 4 heterocycles. The Bertz CT molecular complexity index is 1300. The van der Waals surface area contributed by atoms with Crippen LogP contribution in [0, 0.1) is 0 Å². The second-order valence-electron chi connectivity index (χ2n) is 12.0. The summed E-state index contributed by atoms with van der Waals surface area (Å²) < 4.78 is 48.4. The molecule has 0 amide bonds. The van der Waals surface area contributed by atoms with Crippen LogP contribution in [0.2, 0.25) is 0 Å². The lowest BCUT2D eigenvalue weighted by molar-refractivity contribution is -0.356. The predicted octanol–water partition coefficient (Wildman–Crippen LogP) is -5.21. The molecular weight excluding hydrogens is 680 g/mol. The normalized spacial score (nSPS) is 42.4. The highest BCUT2D eigenvalue weighted by Crippen LogP contribution is 2.31. The Hall–Kier alpha value is -2.61. The van der Waals surface area contributed by atoms with Crippen LogP contribution in [0.1, 0.15) is 5.56 Å². The van der Waals surface area contributed by atoms with Crippen LogP contribution in [-0.4, -0.2) is 189 Å². The van der Waals surface area contributed by atoms with Crippen LogP contribution in [0.4, 0.5) is 0 Å². The maximum Gasteiger partial charge on any atom is 0.330 e. The van der Waals surface area contributed by atoms with E-state index < -0.39 is 124 Å². The number of hydrogen-bond acceptors (Lipinski definition) is 20. The van der Waals surface area contributed by atoms with Gasteiger partial charge in [0, 0.05) is 6.08 Å². The van der Waals surface area contributed by atoms with Crippen molar-refractivity contribution in [3.8, 4) is 11.5 Å². The van der Waals surface area contributed by atoms with Gasteiger partial charge in [0.25, 0.3) is 0 Å². The number of esters is 1. The molecule has 4 aliphatic heterocycles. The summed E-state index contributed by atoms with van der Waals surface area (Å²) in [7, 11) is 1.37. The molecule has 5 rings (SSSR count). The number of benzene rings is 1. The van der Waals surface area contributed by atoms with Gasteiger partial charge in [-0.05, 0) is 23.8 Å². The van der Waals surface area contributed by atoms with Crippen LogP contribution in [0.15, 0.2) is 24.3 Å². The number of rotatable bonds is 11. The molecule has 282 valence electrons. The van der Waals surface area contributed by atoms with Gasteiger partial charge in [0.05, 0.1) is 26.9 Å². The van der Waals surface area contributed by atoms with Crippen molar-refractivity contribution < 1.29 is 98.5 Å². The highest BCUT2D eigenvalue weighted by Gasteiger charge is 2.51. The molecule has 16 atom stereocenters. The molecular formula is C30H42O20. The fourth-order valence-electron chi connectivity index (χ4n) is 5.60. The van der Waals surface area contributed by atoms with Crippen molar-refractivity contribution in [2.75, 3.05) is 33.5 Å². The lowest BCUT2D eigenvalue weighted by atomic mass is 10.0. The second kappa shape index (κ2) is 16.8. The number of phenolic OH excluding ortho intramolecular Hbond substituents is 1. The van der Waals surface area contributed by atoms with Gasteiger partial charge in [0.2, 0.25) is 0 Å². The van der Waals surface area contributed by atoms with E-state index in [1.54, 1.807) is 0 Å². The van der Waals surface area contributed by atoms with Crippen molar-refractivity contribution in [1.82, 2.24) is 0 Å². The zero-order chi connectivity index (χ0) is 36.3. The van der Waals surface area contributed by atoms with Crippen LogP contribution in [0.3, 0.4) is 0 Å². The molecule has 0 aliphatic carbocycles. The Morgan fingerprint density at radius 2 is 1.40 bits per heavy atom. The second-order valence-corrected chi connectivity index (χ2v) is 12.0. The van der Waals surface area contributed by atoms with Gasteiger partial charge in [-0.25, -0.2) is 4.79 Å². The minimum atomic E-state index is -1.81. The Balaban J connectivity index is 1.15. The Morgan fingerprint density at radius 1 is 0.760 bits per heavy atom. The molecule has 4 aliphatic rings. The first kappa shape index (κ1) is 38.6. The van der Waals surface area contributed by atoms with E-state index in [1.807, 2.05) is 0 Å². The summed E-state index contributed by atoms with van der Waals surface area (Å²) in [6, 6.07) is 4.38. The van der Waals surface area contributed by atoms with Crippen molar-refractivity contribution in [3.63, 3.8) is 0 Å². The standard InChI is InChI=1S/C30H42O20/c1-42-14-6-11(2-4-12(14)31)3-5-18(33)43-8-15-21(36)24(39)30(48-15)50-26-17(10-44-27(41)25(26)40)49-29-23(38)20(35)16(9-46-29)47-28-22(37)19(34)13(32)7-45-28/h2-6,13,15-17,19-32,34-41H,7-10H2,1H3/b5-3+/t13-,15+,16-,17-,19+,20+,21+,22-,23-,24-,25-,26+,27?,28+,29-,30+/m1/s1. The number of aliphatic hydroxyl groups excluding tert-OH is 9. The summed E-state index contributed by atoms with van der Waals surface area (Å²) in [5, 5.41) is 103. The number of carbonyl (C=O) groups excluding carboxylic acids is 1. The molecule has 20 nitrogen and oxygen atoms in total. The lowest BCUT2D eigenvalue weighted by Crippen LogP contribution is -2.62. The smallest absolute Gasteiger partial charge is 0.330 e. The molecule has 1 unspecified atom stereocenters. The number of carbonyl (C=O) groups is 1. The van der Waals surface area contributed by atoms with E-state index in [9.17, 15) is 55.9 Å². The van der Waals surface area contributed by atoms with Crippen molar-refractivity contribution >= 4 is 12.0 Å². The number of aromatic hydroxyl groups is 1. The molecule has 0 saturated carbocycles. The van der Waals surface area contributed by atoms with Gasteiger partial charge in [-0.15, -0.1) is 0 Å². The Labute approximate surface area is 284 Å². The zero-order valence-electron chi connectivity index (χ0n) is 26.5. The van der Waals surface area contributed by atoms with Crippen LogP contribution in [0.25, 0.3) is 6.08 Å². The van der Waals surface area contributed by atoms with Crippen LogP contribution in [0.5, 0.6) is 11.5 Å². The third-order valence-corrected chi connectivity index (χ3v) is 8.55. The monoisotopic (exact) mass is 722 g/mol. The van der Waals surface area contributed by atoms with Crippen LogP contribution >= 0.6 is 0 Å². The number of ether oxygens (including phenoxy) is 9. The highest BCUT2D eigenvalue weighted by atomic mass is 16.8. The summed E-state index contributed by atoms with van der Waals surface area (Å²) in [6.07, 6.45) is -22.7. The molecule has 50 heavy (non-hydrogen) atoms. The van der Waals surface area contributed by atoms with E-state index in [2.05, 4.69) is 0 Å². The molecule has 1 aromatic carbocycles. The molecule has 10 N–H and O–H groups in total. The quantitative estimate of drug-likeness (QED) is 0.0754. The third-order valence-electron chi connectivity index (χ3n) is 8.55. The minimum absolute atomic E-state index is 0.0908. The van der Waals surface area contributed by atoms with Gasteiger partial charge >= 0.3 is 5.97 Å². The summed E-state index contributed by atoms with van der Waals surface area (Å²) in [4.78, 5) is 12.3. The van der Waals surface area contributed by atoms with Crippen LogP contribution < -0.4 is 4.74 Å². The van der Waals surface area contributed by atoms with E-state index in [1.165, 1.54) is 31.4 Å². The van der Waals surface area contributed by atoms with Gasteiger partial charge in [-0.2, -0.15) is 0 Å². The van der Waals surface area contributed by atoms with Crippen molar-refractivity contribution in [3.05, 3.63) is 29.8 Å². The number of phenols is 1. The average Bonchev–Trinajstić information content (AvgIpc) is 3.37. The van der Waals surface area contributed by atoms with Crippen molar-refractivity contribution in [2.45, 2.75) is 98.4 Å². The van der Waals surface area contributed by atoms with E-state index in [0.717, 1.165) is 6.08 Å². The van der Waals surface area contributed by atoms with Gasteiger partial charge in [-0.1, -0.05) is 6.07 Å². The predicted molar refractivity (Wildman–Crippen MR) is 157 cm³/mol. The summed E-state index contributed by atoms with van der Waals surface area (Å²) >= 11 is 0. The fourth-order valence-corrected chi connectivity index (χ4v) is 5.60. The van der Waals surface area contributed by atoms with Crippen molar-refractivity contribution in [1.29, 1.82) is 0 Å². The molecule has 4 saturated heterocycles. The fraction of sp³-hybridized carbons (Fsp3) is 0.700. The van der Waals surface area contributed by atoms with E-state index in [-0.39, 0.29) is 18.1 Å². The molecule has 4 fully saturated rings. The van der Waals surface area contributed by atoms with Gasteiger partial charge in [0.15, 0.2) is 36.7 Å². The molecule has 0 radical (unpaired) electrons. The number of hydrogen-bond donors (Lipinski definition) is 10. The van der Waals surface area contributed by atoms with Gasteiger partial charge in [0.1, 0.15) is 79.9 Å². The SMILES string of the molecule is COc1cc(/C=C/C(=O)OC[C@@H]2O[C@@H](O[C@H]3[C@H](O[C@H]4OC[C@@H](O[C@@H]5OC[C@@H](O)[C@H](O)[C@H]5O)[C@H](O)[C@H]4O)COC(O)[C@@H]3O)[C@H](O)[C@H]2O)ccc1O. The topological polar surface area (TPSA) is 302 Å². The summed E-state index contributed by atoms with van der Waals surface area (Å²) in [6.45, 7) is -1.76. The first-order chi connectivity index (χ1) is 23.8.